The van der Waals surface area contributed by atoms with Gasteiger partial charge in [0.05, 0.1) is 7.11 Å². The highest BCUT2D eigenvalue weighted by Crippen LogP contribution is 2.29. The number of hydrogen-bond acceptors (Lipinski definition) is 2. The van der Waals surface area contributed by atoms with Crippen molar-refractivity contribution in [1.29, 1.82) is 0 Å². The predicted octanol–water partition coefficient (Wildman–Crippen LogP) is 3.81. The number of nitrogens with two attached hydrogens (primary N) is 1. The summed E-state index contributed by atoms with van der Waals surface area (Å²) in [6.45, 7) is 2.74. The summed E-state index contributed by atoms with van der Waals surface area (Å²) >= 11 is 6.09. The summed E-state index contributed by atoms with van der Waals surface area (Å²) in [5.41, 5.74) is 8.30. The zero-order valence-corrected chi connectivity index (χ0v) is 12.7. The Morgan fingerprint density at radius 2 is 1.85 bits per heavy atom. The van der Waals surface area contributed by atoms with Gasteiger partial charge >= 0.3 is 0 Å². The molecule has 2 aromatic carbocycles. The lowest BCUT2D eigenvalue weighted by Gasteiger charge is -2.29. The fourth-order valence-electron chi connectivity index (χ4n) is 2.35. The van der Waals surface area contributed by atoms with Gasteiger partial charge < -0.3 is 10.5 Å². The zero-order valence-electron chi connectivity index (χ0n) is 11.9. The predicted molar refractivity (Wildman–Crippen MR) is 84.6 cm³/mol. The molecule has 0 aliphatic rings. The van der Waals surface area contributed by atoms with E-state index in [1.807, 2.05) is 30.3 Å². The summed E-state index contributed by atoms with van der Waals surface area (Å²) < 4.78 is 5.18. The molecular formula is C17H20ClNO. The van der Waals surface area contributed by atoms with Crippen LogP contribution >= 0.6 is 11.6 Å². The molecular weight excluding hydrogens is 270 g/mol. The van der Waals surface area contributed by atoms with Crippen LogP contribution in [0.3, 0.4) is 0 Å². The fourth-order valence-corrected chi connectivity index (χ4v) is 2.54. The molecule has 2 aromatic rings. The van der Waals surface area contributed by atoms with Gasteiger partial charge in [-0.3, -0.25) is 0 Å². The monoisotopic (exact) mass is 289 g/mol. The van der Waals surface area contributed by atoms with Crippen molar-refractivity contribution in [2.45, 2.75) is 18.8 Å². The van der Waals surface area contributed by atoms with E-state index in [9.17, 15) is 0 Å². The maximum Gasteiger partial charge on any atom is 0.118 e. The molecule has 0 aliphatic heterocycles. The van der Waals surface area contributed by atoms with Crippen molar-refractivity contribution in [2.75, 3.05) is 13.7 Å². The molecule has 20 heavy (non-hydrogen) atoms. The van der Waals surface area contributed by atoms with Crippen LogP contribution in [0, 0.1) is 0 Å². The molecule has 0 aliphatic carbocycles. The van der Waals surface area contributed by atoms with E-state index >= 15 is 0 Å². The number of benzene rings is 2. The lowest BCUT2D eigenvalue weighted by Crippen LogP contribution is -2.34. The van der Waals surface area contributed by atoms with Crippen molar-refractivity contribution in [1.82, 2.24) is 0 Å². The van der Waals surface area contributed by atoms with Gasteiger partial charge in [-0.05, 0) is 41.8 Å². The minimum absolute atomic E-state index is 0.126. The van der Waals surface area contributed by atoms with Crippen LogP contribution in [0.1, 0.15) is 18.1 Å². The van der Waals surface area contributed by atoms with Crippen LogP contribution < -0.4 is 10.5 Å². The van der Waals surface area contributed by atoms with Crippen LogP contribution in [0.2, 0.25) is 5.02 Å². The molecule has 2 nitrogen and oxygen atoms in total. The highest BCUT2D eigenvalue weighted by Gasteiger charge is 2.25. The van der Waals surface area contributed by atoms with Crippen molar-refractivity contribution in [2.24, 2.45) is 5.73 Å². The van der Waals surface area contributed by atoms with E-state index in [1.54, 1.807) is 7.11 Å². The average Bonchev–Trinajstić information content (AvgIpc) is 2.48. The number of ether oxygens (including phenoxy) is 1. The first-order valence-corrected chi connectivity index (χ1v) is 7.04. The molecule has 106 valence electrons. The fraction of sp³-hybridized carbons (Fsp3) is 0.294. The van der Waals surface area contributed by atoms with Crippen molar-refractivity contribution in [3.63, 3.8) is 0 Å². The van der Waals surface area contributed by atoms with Gasteiger partial charge in [0.25, 0.3) is 0 Å². The quantitative estimate of drug-likeness (QED) is 0.908. The molecule has 0 aromatic heterocycles. The van der Waals surface area contributed by atoms with Gasteiger partial charge in [0.15, 0.2) is 0 Å². The maximum absolute atomic E-state index is 6.09. The smallest absolute Gasteiger partial charge is 0.118 e. The molecule has 0 heterocycles. The van der Waals surface area contributed by atoms with Crippen LogP contribution in [-0.2, 0) is 11.8 Å². The zero-order chi connectivity index (χ0) is 14.6. The van der Waals surface area contributed by atoms with Gasteiger partial charge in [-0.25, -0.2) is 0 Å². The van der Waals surface area contributed by atoms with Crippen molar-refractivity contribution in [3.8, 4) is 5.75 Å². The molecule has 0 bridgehead atoms. The van der Waals surface area contributed by atoms with Crippen molar-refractivity contribution in [3.05, 3.63) is 64.7 Å². The van der Waals surface area contributed by atoms with E-state index < -0.39 is 0 Å². The molecule has 0 amide bonds. The standard InChI is InChI=1S/C17H20ClNO/c1-17(12-19,14-4-3-5-15(18)10-14)11-13-6-8-16(20-2)9-7-13/h3-10H,11-12,19H2,1-2H3. The lowest BCUT2D eigenvalue weighted by atomic mass is 9.77. The van der Waals surface area contributed by atoms with Gasteiger partial charge in [-0.15, -0.1) is 0 Å². The summed E-state index contributed by atoms with van der Waals surface area (Å²) in [7, 11) is 1.67. The summed E-state index contributed by atoms with van der Waals surface area (Å²) in [5, 5.41) is 0.747. The van der Waals surface area contributed by atoms with E-state index in [-0.39, 0.29) is 5.41 Å². The Bertz CT molecular complexity index is 567. The molecule has 0 saturated heterocycles. The second-order valence-electron chi connectivity index (χ2n) is 5.30. The normalized spacial score (nSPS) is 13.8. The Labute approximate surface area is 125 Å². The molecule has 2 N–H and O–H groups in total. The van der Waals surface area contributed by atoms with Gasteiger partial charge in [0.2, 0.25) is 0 Å². The number of hydrogen-bond donors (Lipinski definition) is 1. The summed E-state index contributed by atoms with van der Waals surface area (Å²) in [5.74, 6) is 0.867. The van der Waals surface area contributed by atoms with Crippen LogP contribution in [0.25, 0.3) is 0 Å². The number of methoxy groups -OCH3 is 1. The van der Waals surface area contributed by atoms with Gasteiger partial charge in [0, 0.05) is 17.0 Å². The molecule has 0 saturated carbocycles. The second-order valence-corrected chi connectivity index (χ2v) is 5.74. The van der Waals surface area contributed by atoms with Crippen LogP contribution in [0.4, 0.5) is 0 Å². The topological polar surface area (TPSA) is 35.2 Å². The molecule has 2 rings (SSSR count). The van der Waals surface area contributed by atoms with Crippen LogP contribution in [0.5, 0.6) is 5.75 Å². The SMILES string of the molecule is COc1ccc(CC(C)(CN)c2cccc(Cl)c2)cc1. The Morgan fingerprint density at radius 3 is 2.40 bits per heavy atom. The number of rotatable bonds is 5. The molecule has 3 heteroatoms. The summed E-state index contributed by atoms with van der Waals surface area (Å²) in [6.07, 6.45) is 0.869. The molecule has 1 atom stereocenters. The van der Waals surface area contributed by atoms with E-state index in [2.05, 4.69) is 25.1 Å². The second kappa shape index (κ2) is 6.29. The average molecular weight is 290 g/mol. The minimum Gasteiger partial charge on any atom is -0.497 e. The first-order chi connectivity index (χ1) is 9.57. The van der Waals surface area contributed by atoms with Crippen LogP contribution in [-0.4, -0.2) is 13.7 Å². The summed E-state index contributed by atoms with van der Waals surface area (Å²) in [4.78, 5) is 0. The Morgan fingerprint density at radius 1 is 1.15 bits per heavy atom. The summed E-state index contributed by atoms with van der Waals surface area (Å²) in [6, 6.07) is 16.1. The molecule has 0 fully saturated rings. The Kier molecular flexibility index (Phi) is 4.69. The van der Waals surface area contributed by atoms with Gasteiger partial charge in [0.1, 0.15) is 5.75 Å². The molecule has 0 spiro atoms. The Hall–Kier alpha value is -1.51. The molecule has 0 radical (unpaired) electrons. The van der Waals surface area contributed by atoms with E-state index in [4.69, 9.17) is 22.1 Å². The maximum atomic E-state index is 6.09. The van der Waals surface area contributed by atoms with Gasteiger partial charge in [-0.1, -0.05) is 42.8 Å². The third-order valence-electron chi connectivity index (χ3n) is 3.73. The highest BCUT2D eigenvalue weighted by atomic mass is 35.5. The van der Waals surface area contributed by atoms with E-state index in [1.165, 1.54) is 11.1 Å². The van der Waals surface area contributed by atoms with E-state index in [0.717, 1.165) is 17.2 Å². The van der Waals surface area contributed by atoms with Gasteiger partial charge in [-0.2, -0.15) is 0 Å². The first kappa shape index (κ1) is 14.9. The molecule has 1 unspecified atom stereocenters. The first-order valence-electron chi connectivity index (χ1n) is 6.66. The van der Waals surface area contributed by atoms with Crippen LogP contribution in [0.15, 0.2) is 48.5 Å². The van der Waals surface area contributed by atoms with Crippen molar-refractivity contribution >= 4 is 11.6 Å². The Balaban J connectivity index is 2.26. The number of halogens is 1. The minimum atomic E-state index is -0.126. The lowest BCUT2D eigenvalue weighted by molar-refractivity contribution is 0.414. The largest absolute Gasteiger partial charge is 0.497 e. The highest BCUT2D eigenvalue weighted by molar-refractivity contribution is 6.30. The third-order valence-corrected chi connectivity index (χ3v) is 3.96. The van der Waals surface area contributed by atoms with E-state index in [0.29, 0.717) is 6.54 Å². The third kappa shape index (κ3) is 3.33. The van der Waals surface area contributed by atoms with Crippen molar-refractivity contribution < 1.29 is 4.74 Å².